The number of allylic oxidation sites excluding steroid dienone is 13. The number of hydrogen-bond donors (Lipinski definition) is 0. The van der Waals surface area contributed by atoms with Gasteiger partial charge in [-0.15, -0.1) is 0 Å². The van der Waals surface area contributed by atoms with Crippen molar-refractivity contribution in [1.29, 1.82) is 0 Å². The second-order valence-corrected chi connectivity index (χ2v) is 31.1. The van der Waals surface area contributed by atoms with E-state index in [1.54, 1.807) is 27.1 Å². The molecule has 0 aromatic heterocycles. The minimum Gasteiger partial charge on any atom is -1.00 e. The van der Waals surface area contributed by atoms with Crippen molar-refractivity contribution >= 4 is 33.1 Å². The fourth-order valence-electron chi connectivity index (χ4n) is 15.5. The Kier molecular flexibility index (Phi) is 11.2. The van der Waals surface area contributed by atoms with Crippen LogP contribution < -0.4 is 35.2 Å². The van der Waals surface area contributed by atoms with Crippen molar-refractivity contribution in [2.45, 2.75) is 84.7 Å². The topological polar surface area (TPSA) is 0 Å². The molecule has 6 aliphatic rings. The first kappa shape index (κ1) is 44.6. The first-order chi connectivity index (χ1) is 28.3. The van der Waals surface area contributed by atoms with Gasteiger partial charge >= 0.3 is 370 Å². The van der Waals surface area contributed by atoms with Crippen molar-refractivity contribution in [3.8, 4) is 0 Å². The Morgan fingerprint density at radius 1 is 0.639 bits per heavy atom. The zero-order valence-electron chi connectivity index (χ0n) is 37.6. The Bertz CT molecular complexity index is 2560. The first-order valence-corrected chi connectivity index (χ1v) is 29.9. The van der Waals surface area contributed by atoms with Crippen LogP contribution in [0.15, 0.2) is 175 Å². The predicted molar refractivity (Wildman–Crippen MR) is 251 cm³/mol. The van der Waals surface area contributed by atoms with Crippen LogP contribution in [0.25, 0.3) is 16.8 Å². The summed E-state index contributed by atoms with van der Waals surface area (Å²) in [6.45, 7) is 24.3. The average molecular weight is 937 g/mol. The molecule has 0 N–H and O–H groups in total. The van der Waals surface area contributed by atoms with Gasteiger partial charge in [0.15, 0.2) is 0 Å². The standard InChI is InChI=1S/C45H51.C12H11Si.2ClH.Zr/c1-10-17-32-28-36-34-21-12-11-19-31(34)23-24-35(36)38(32)37-22-16-27-40(4)39(3)25-13-14-26-41(39,5)45(9)42(6,44(37,40)8)29-33-20-15-18-30(2)43(33,45)7;1-3-7-11(8-4-1)13-12-9-5-2-6-10-12;;;/h11-16,18-29,33,38H,10,17H2,1-9H3;1-10,13H;2*1H;/q;;;;+2/p-2. The molecule has 4 aromatic carbocycles. The molecule has 0 nitrogen and oxygen atoms in total. The van der Waals surface area contributed by atoms with Gasteiger partial charge < -0.3 is 24.8 Å². The van der Waals surface area contributed by atoms with Gasteiger partial charge in [-0.2, -0.15) is 0 Å². The van der Waals surface area contributed by atoms with Crippen molar-refractivity contribution in [2.24, 2.45) is 43.8 Å². The quantitative estimate of drug-likeness (QED) is 0.170. The van der Waals surface area contributed by atoms with Gasteiger partial charge in [-0.3, -0.25) is 0 Å². The third-order valence-electron chi connectivity index (χ3n) is 19.2. The predicted octanol–water partition coefficient (Wildman–Crippen LogP) is 7.36. The van der Waals surface area contributed by atoms with E-state index in [1.807, 2.05) is 0 Å². The van der Waals surface area contributed by atoms with E-state index < -0.39 is 28.3 Å². The largest absolute Gasteiger partial charge is 1.00 e. The molecule has 0 spiro atoms. The number of benzene rings is 4. The SMILES string of the molecule is CCCC1=Cc2c(ccc3ccccc23)C1C1=CC=CC2(C)C3(C)C=CC=CC3(C)C3(C)C4(C)C(C)=CC=CC4[CH]([Zr+2][SiH](c4ccccc4)c4ccccc4)C3(C)C12C.[Cl-].[Cl-]. The summed E-state index contributed by atoms with van der Waals surface area (Å²) in [5.41, 5.74) is 6.98. The molecule has 0 bridgehead atoms. The Labute approximate surface area is 391 Å². The Hall–Kier alpha value is -3.00. The van der Waals surface area contributed by atoms with E-state index in [-0.39, 0.29) is 68.6 Å². The maximum Gasteiger partial charge on any atom is -1.00 e. The van der Waals surface area contributed by atoms with E-state index in [0.717, 1.165) is 12.8 Å². The average Bonchev–Trinajstić information content (AvgIpc) is 3.69. The Morgan fingerprint density at radius 2 is 1.25 bits per heavy atom. The Balaban J connectivity index is 0.00000257. The van der Waals surface area contributed by atoms with Crippen molar-refractivity contribution in [1.82, 2.24) is 0 Å². The molecule has 6 aliphatic carbocycles. The Morgan fingerprint density at radius 3 is 1.90 bits per heavy atom. The molecule has 0 radical (unpaired) electrons. The number of rotatable bonds is 7. The molecule has 10 unspecified atom stereocenters. The number of fused-ring (bicyclic) bond motifs is 11. The number of halogens is 2. The number of hydrogen-bond acceptors (Lipinski definition) is 0. The summed E-state index contributed by atoms with van der Waals surface area (Å²) in [7, 11) is 0. The fraction of sp³-hybridized carbons (Fsp3) is 0.368. The zero-order valence-corrected chi connectivity index (χ0v) is 42.7. The van der Waals surface area contributed by atoms with Gasteiger partial charge in [-0.25, -0.2) is 0 Å². The van der Waals surface area contributed by atoms with Crippen molar-refractivity contribution in [3.05, 3.63) is 186 Å². The van der Waals surface area contributed by atoms with E-state index in [9.17, 15) is 0 Å². The fourth-order valence-corrected chi connectivity index (χ4v) is 33.3. The van der Waals surface area contributed by atoms with Crippen LogP contribution in [0, 0.1) is 43.8 Å². The third kappa shape index (κ3) is 5.26. The normalized spacial score (nSPS) is 37.2. The van der Waals surface area contributed by atoms with Gasteiger partial charge in [-0.05, 0) is 0 Å². The van der Waals surface area contributed by atoms with Crippen LogP contribution in [-0.4, -0.2) is 5.92 Å². The summed E-state index contributed by atoms with van der Waals surface area (Å²) in [5, 5.41) is 6.03. The zero-order chi connectivity index (χ0) is 41.2. The van der Waals surface area contributed by atoms with Gasteiger partial charge in [0.1, 0.15) is 0 Å². The first-order valence-electron chi connectivity index (χ1n) is 22.5. The smallest absolute Gasteiger partial charge is 1.00 e. The van der Waals surface area contributed by atoms with Crippen molar-refractivity contribution < 1.29 is 47.2 Å². The molecule has 312 valence electrons. The molecule has 10 atom stereocenters. The summed E-state index contributed by atoms with van der Waals surface area (Å²) in [5.74, 6) is -0.839. The van der Waals surface area contributed by atoms with Crippen molar-refractivity contribution in [3.63, 3.8) is 0 Å². The molecular weight excluding hydrogens is 875 g/mol. The molecule has 0 aliphatic heterocycles. The second kappa shape index (κ2) is 15.3. The second-order valence-electron chi connectivity index (χ2n) is 20.3. The summed E-state index contributed by atoms with van der Waals surface area (Å²) >= 11 is -1.22. The van der Waals surface area contributed by atoms with E-state index in [0.29, 0.717) is 9.54 Å². The van der Waals surface area contributed by atoms with E-state index in [2.05, 4.69) is 226 Å². The molecule has 0 amide bonds. The summed E-state index contributed by atoms with van der Waals surface area (Å²) in [6.07, 6.45) is 30.7. The van der Waals surface area contributed by atoms with Crippen LogP contribution in [0.4, 0.5) is 0 Å². The third-order valence-corrected chi connectivity index (χ3v) is 34.3. The monoisotopic (exact) mass is 934 g/mol. The van der Waals surface area contributed by atoms with E-state index in [1.165, 1.54) is 21.9 Å². The molecule has 2 saturated carbocycles. The van der Waals surface area contributed by atoms with Crippen LogP contribution in [-0.2, 0) is 22.4 Å². The molecule has 10 rings (SSSR count). The maximum atomic E-state index is 2.90. The van der Waals surface area contributed by atoms with Gasteiger partial charge in [0.05, 0.1) is 0 Å². The van der Waals surface area contributed by atoms with E-state index >= 15 is 0 Å². The van der Waals surface area contributed by atoms with Crippen molar-refractivity contribution in [2.75, 3.05) is 0 Å². The molecule has 0 heterocycles. The molecular formula is C57H62Cl2SiZr. The molecule has 61 heavy (non-hydrogen) atoms. The van der Waals surface area contributed by atoms with Gasteiger partial charge in [0.25, 0.3) is 0 Å². The minimum atomic E-state index is -1.56. The van der Waals surface area contributed by atoms with Crippen LogP contribution >= 0.6 is 0 Å². The minimum absolute atomic E-state index is 0. The van der Waals surface area contributed by atoms with Gasteiger partial charge in [0, 0.05) is 0 Å². The van der Waals surface area contributed by atoms with Gasteiger partial charge in [-0.1, -0.05) is 0 Å². The maximum absolute atomic E-state index is 2.90. The van der Waals surface area contributed by atoms with Crippen LogP contribution in [0.1, 0.15) is 92.2 Å². The summed E-state index contributed by atoms with van der Waals surface area (Å²) < 4.78 is 0.592. The van der Waals surface area contributed by atoms with Crippen LogP contribution in [0.2, 0.25) is 3.63 Å². The van der Waals surface area contributed by atoms with Crippen LogP contribution in [0.3, 0.4) is 0 Å². The van der Waals surface area contributed by atoms with Crippen LogP contribution in [0.5, 0.6) is 0 Å². The molecule has 4 heteroatoms. The molecule has 2 fully saturated rings. The summed E-state index contributed by atoms with van der Waals surface area (Å²) in [6, 6.07) is 37.7. The van der Waals surface area contributed by atoms with E-state index in [4.69, 9.17) is 0 Å². The summed E-state index contributed by atoms with van der Waals surface area (Å²) in [4.78, 5) is 0. The van der Waals surface area contributed by atoms with Gasteiger partial charge in [0.2, 0.25) is 0 Å². The molecule has 0 saturated heterocycles. The molecule has 4 aromatic rings.